The summed E-state index contributed by atoms with van der Waals surface area (Å²) in [5.74, 6) is 0.468. The Labute approximate surface area is 208 Å². The molecule has 1 fully saturated rings. The van der Waals surface area contributed by atoms with E-state index in [9.17, 15) is 9.59 Å². The van der Waals surface area contributed by atoms with Gasteiger partial charge in [-0.3, -0.25) is 14.3 Å². The highest BCUT2D eigenvalue weighted by atomic mass is 79.9. The molecule has 2 aromatic carbocycles. The number of methoxy groups -OCH3 is 1. The minimum atomic E-state index is -0.0952. The molecule has 0 radical (unpaired) electrons. The first-order valence-electron chi connectivity index (χ1n) is 11.7. The molecule has 8 heteroatoms. The number of benzene rings is 2. The zero-order chi connectivity index (χ0) is 24.2. The summed E-state index contributed by atoms with van der Waals surface area (Å²) in [5.41, 5.74) is 4.30. The van der Waals surface area contributed by atoms with Crippen LogP contribution >= 0.6 is 15.9 Å². The van der Waals surface area contributed by atoms with E-state index in [1.807, 2.05) is 60.0 Å². The van der Waals surface area contributed by atoms with Gasteiger partial charge in [0.25, 0.3) is 11.8 Å². The first-order valence-corrected chi connectivity index (χ1v) is 12.5. The van der Waals surface area contributed by atoms with Crippen molar-refractivity contribution in [2.24, 2.45) is 5.92 Å². The summed E-state index contributed by atoms with van der Waals surface area (Å²) in [7, 11) is 1.61. The normalized spacial score (nSPS) is 14.5. The predicted octanol–water partition coefficient (Wildman–Crippen LogP) is 4.34. The van der Waals surface area contributed by atoms with E-state index in [1.54, 1.807) is 7.11 Å². The van der Waals surface area contributed by atoms with Gasteiger partial charge in [0.2, 0.25) is 0 Å². The zero-order valence-corrected chi connectivity index (χ0v) is 21.5. The molecule has 1 saturated heterocycles. The molecule has 0 aliphatic carbocycles. The van der Waals surface area contributed by atoms with Gasteiger partial charge < -0.3 is 15.0 Å². The molecule has 1 aliphatic rings. The fourth-order valence-electron chi connectivity index (χ4n) is 4.53. The average molecular weight is 527 g/mol. The summed E-state index contributed by atoms with van der Waals surface area (Å²) in [5, 5.41) is 8.62. The summed E-state index contributed by atoms with van der Waals surface area (Å²) in [6.07, 6.45) is 3.94. The Kier molecular flexibility index (Phi) is 7.68. The largest absolute Gasteiger partial charge is 0.383 e. The SMILES string of the molecule is COCCNC(=O)c1ccc2nn(CC3CCN(C(=O)c4ccc(Br)c(C)c4)CC3)cc2c1C. The van der Waals surface area contributed by atoms with E-state index >= 15 is 0 Å². The maximum Gasteiger partial charge on any atom is 0.253 e. The number of amides is 2. The van der Waals surface area contributed by atoms with E-state index < -0.39 is 0 Å². The van der Waals surface area contributed by atoms with Crippen molar-refractivity contribution in [3.8, 4) is 0 Å². The number of nitrogens with zero attached hydrogens (tertiary/aromatic N) is 3. The van der Waals surface area contributed by atoms with Crippen LogP contribution in [0.3, 0.4) is 0 Å². The van der Waals surface area contributed by atoms with E-state index in [-0.39, 0.29) is 11.8 Å². The zero-order valence-electron chi connectivity index (χ0n) is 19.9. The molecule has 2 amide bonds. The van der Waals surface area contributed by atoms with Crippen LogP contribution in [0, 0.1) is 19.8 Å². The van der Waals surface area contributed by atoms with Crippen LogP contribution in [0.5, 0.6) is 0 Å². The molecule has 0 spiro atoms. The van der Waals surface area contributed by atoms with Gasteiger partial charge in [0.15, 0.2) is 0 Å². The Morgan fingerprint density at radius 1 is 1.18 bits per heavy atom. The molecule has 1 N–H and O–H groups in total. The Balaban J connectivity index is 1.38. The molecule has 0 saturated carbocycles. The topological polar surface area (TPSA) is 76.5 Å². The Hall–Kier alpha value is -2.71. The van der Waals surface area contributed by atoms with Crippen molar-refractivity contribution < 1.29 is 14.3 Å². The van der Waals surface area contributed by atoms with Gasteiger partial charge in [-0.05, 0) is 74.1 Å². The summed E-state index contributed by atoms with van der Waals surface area (Å²) in [4.78, 5) is 27.4. The van der Waals surface area contributed by atoms with Crippen molar-refractivity contribution in [3.05, 3.63) is 63.3 Å². The molecule has 180 valence electrons. The van der Waals surface area contributed by atoms with Gasteiger partial charge in [0, 0.05) is 60.5 Å². The van der Waals surface area contributed by atoms with Crippen molar-refractivity contribution in [1.29, 1.82) is 0 Å². The van der Waals surface area contributed by atoms with Crippen LogP contribution in [0.4, 0.5) is 0 Å². The lowest BCUT2D eigenvalue weighted by Gasteiger charge is -2.32. The third-order valence-electron chi connectivity index (χ3n) is 6.59. The van der Waals surface area contributed by atoms with Crippen LogP contribution < -0.4 is 5.32 Å². The van der Waals surface area contributed by atoms with Gasteiger partial charge in [-0.25, -0.2) is 0 Å². The highest BCUT2D eigenvalue weighted by Gasteiger charge is 2.24. The number of halogens is 1. The molecule has 4 rings (SSSR count). The second kappa shape index (κ2) is 10.7. The smallest absolute Gasteiger partial charge is 0.253 e. The van der Waals surface area contributed by atoms with Gasteiger partial charge in [-0.2, -0.15) is 5.10 Å². The third kappa shape index (κ3) is 5.33. The lowest BCUT2D eigenvalue weighted by Crippen LogP contribution is -2.39. The number of piperidine rings is 1. The van der Waals surface area contributed by atoms with Gasteiger partial charge in [-0.15, -0.1) is 0 Å². The fraction of sp³-hybridized carbons (Fsp3) is 0.423. The molecular weight excluding hydrogens is 496 g/mol. The van der Waals surface area contributed by atoms with Crippen LogP contribution in [-0.2, 0) is 11.3 Å². The number of aromatic nitrogens is 2. The first-order chi connectivity index (χ1) is 16.4. The molecule has 0 atom stereocenters. The van der Waals surface area contributed by atoms with Crippen molar-refractivity contribution in [1.82, 2.24) is 20.0 Å². The number of nitrogens with one attached hydrogen (secondary N) is 1. The molecular formula is C26H31BrN4O3. The Morgan fingerprint density at radius 3 is 2.65 bits per heavy atom. The second-order valence-electron chi connectivity index (χ2n) is 8.97. The molecule has 0 unspecified atom stereocenters. The van der Waals surface area contributed by atoms with Crippen molar-refractivity contribution in [3.63, 3.8) is 0 Å². The fourth-order valence-corrected chi connectivity index (χ4v) is 4.77. The number of ether oxygens (including phenoxy) is 1. The molecule has 3 aromatic rings. The molecule has 1 aliphatic heterocycles. The van der Waals surface area contributed by atoms with Crippen LogP contribution in [0.25, 0.3) is 10.9 Å². The van der Waals surface area contributed by atoms with Crippen molar-refractivity contribution in [2.75, 3.05) is 33.4 Å². The Bertz CT molecular complexity index is 1200. The average Bonchev–Trinajstić information content (AvgIpc) is 3.24. The van der Waals surface area contributed by atoms with Gasteiger partial charge in [0.1, 0.15) is 0 Å². The number of aryl methyl sites for hydroxylation is 2. The number of carbonyl (C=O) groups is 2. The molecule has 1 aromatic heterocycles. The first kappa shape index (κ1) is 24.4. The number of carbonyl (C=O) groups excluding carboxylic acids is 2. The lowest BCUT2D eigenvalue weighted by atomic mass is 9.96. The molecule has 34 heavy (non-hydrogen) atoms. The molecule has 0 bridgehead atoms. The highest BCUT2D eigenvalue weighted by Crippen LogP contribution is 2.25. The number of hydrogen-bond acceptors (Lipinski definition) is 4. The molecule has 7 nitrogen and oxygen atoms in total. The Morgan fingerprint density at radius 2 is 1.94 bits per heavy atom. The number of rotatable bonds is 7. The monoisotopic (exact) mass is 526 g/mol. The number of fused-ring (bicyclic) bond motifs is 1. The maximum absolute atomic E-state index is 12.9. The third-order valence-corrected chi connectivity index (χ3v) is 7.48. The van der Waals surface area contributed by atoms with E-state index in [0.29, 0.717) is 24.6 Å². The van der Waals surface area contributed by atoms with E-state index in [1.165, 1.54) is 0 Å². The summed E-state index contributed by atoms with van der Waals surface area (Å²) in [6, 6.07) is 9.52. The van der Waals surface area contributed by atoms with Gasteiger partial charge in [-0.1, -0.05) is 15.9 Å². The van der Waals surface area contributed by atoms with Crippen molar-refractivity contribution in [2.45, 2.75) is 33.2 Å². The van der Waals surface area contributed by atoms with Crippen LogP contribution in [0.1, 0.15) is 44.7 Å². The standard InChI is InChI=1S/C26H31BrN4O3/c1-17-14-20(4-6-23(17)27)26(33)30-11-8-19(9-12-30)15-31-16-22-18(2)21(5-7-24(22)29-31)25(32)28-10-13-34-3/h4-7,14,16,19H,8-13,15H2,1-3H3,(H,28,32). The van der Waals surface area contributed by atoms with Gasteiger partial charge >= 0.3 is 0 Å². The summed E-state index contributed by atoms with van der Waals surface area (Å²) >= 11 is 3.50. The van der Waals surface area contributed by atoms with E-state index in [2.05, 4.69) is 21.2 Å². The van der Waals surface area contributed by atoms with Crippen LogP contribution in [-0.4, -0.2) is 59.8 Å². The lowest BCUT2D eigenvalue weighted by molar-refractivity contribution is 0.0681. The van der Waals surface area contributed by atoms with E-state index in [0.717, 1.165) is 64.5 Å². The maximum atomic E-state index is 12.9. The van der Waals surface area contributed by atoms with Crippen LogP contribution in [0.15, 0.2) is 41.0 Å². The second-order valence-corrected chi connectivity index (χ2v) is 9.82. The van der Waals surface area contributed by atoms with Crippen LogP contribution in [0.2, 0.25) is 0 Å². The minimum absolute atomic E-state index is 0.0952. The predicted molar refractivity (Wildman–Crippen MR) is 136 cm³/mol. The minimum Gasteiger partial charge on any atom is -0.383 e. The van der Waals surface area contributed by atoms with E-state index in [4.69, 9.17) is 9.84 Å². The summed E-state index contributed by atoms with van der Waals surface area (Å²) < 4.78 is 8.01. The number of hydrogen-bond donors (Lipinski definition) is 1. The summed E-state index contributed by atoms with van der Waals surface area (Å²) in [6.45, 7) is 7.25. The van der Waals surface area contributed by atoms with Crippen molar-refractivity contribution >= 4 is 38.6 Å². The number of likely N-dealkylation sites (tertiary alicyclic amines) is 1. The molecule has 2 heterocycles. The quantitative estimate of drug-likeness (QED) is 0.464. The van der Waals surface area contributed by atoms with Gasteiger partial charge in [0.05, 0.1) is 12.1 Å². The highest BCUT2D eigenvalue weighted by molar-refractivity contribution is 9.10.